The van der Waals surface area contributed by atoms with Gasteiger partial charge in [-0.25, -0.2) is 4.79 Å². The summed E-state index contributed by atoms with van der Waals surface area (Å²) >= 11 is 0. The monoisotopic (exact) mass is 251 g/mol. The molecule has 0 saturated carbocycles. The molecule has 0 aliphatic rings. The van der Waals surface area contributed by atoms with E-state index in [0.717, 1.165) is 17.7 Å². The van der Waals surface area contributed by atoms with Gasteiger partial charge in [-0.05, 0) is 17.7 Å². The van der Waals surface area contributed by atoms with Gasteiger partial charge in [-0.2, -0.15) is 0 Å². The first kappa shape index (κ1) is 13.7. The van der Waals surface area contributed by atoms with Crippen LogP contribution in [-0.2, 0) is 16.1 Å². The van der Waals surface area contributed by atoms with Crippen LogP contribution in [0.4, 0.5) is 0 Å². The molecule has 0 aromatic heterocycles. The first-order valence-electron chi connectivity index (χ1n) is 5.13. The highest BCUT2D eigenvalue weighted by atomic mass is 16.6. The summed E-state index contributed by atoms with van der Waals surface area (Å²) in [5.74, 6) is -1.12. The number of rotatable bonds is 6. The van der Waals surface area contributed by atoms with Crippen molar-refractivity contribution < 1.29 is 24.5 Å². The van der Waals surface area contributed by atoms with E-state index >= 15 is 0 Å². The van der Waals surface area contributed by atoms with Crippen molar-refractivity contribution >= 4 is 11.9 Å². The number of carbonyl (C=O) groups is 2. The summed E-state index contributed by atoms with van der Waals surface area (Å²) in [5, 5.41) is 19.4. The standard InChI is InChI=1S/C12H13NO5/c14-8-18-10-3-1-9(2-4-10)7-13-11(15)5-6-12(16)17/h1-6,14H,7-8H2,(H,13,15)(H,16,17)/b6-5-. The number of benzene rings is 1. The minimum atomic E-state index is -1.17. The topological polar surface area (TPSA) is 95.9 Å². The fourth-order valence-electron chi connectivity index (χ4n) is 1.17. The SMILES string of the molecule is O=C(O)/C=C\C(=O)NCc1ccc(OCO)cc1. The van der Waals surface area contributed by atoms with Crippen molar-refractivity contribution in [1.82, 2.24) is 5.32 Å². The summed E-state index contributed by atoms with van der Waals surface area (Å²) < 4.78 is 4.84. The Hall–Kier alpha value is -2.34. The Kier molecular flexibility index (Phi) is 5.40. The maximum atomic E-state index is 11.2. The van der Waals surface area contributed by atoms with Crippen molar-refractivity contribution in [3.63, 3.8) is 0 Å². The average Bonchev–Trinajstić information content (AvgIpc) is 2.36. The van der Waals surface area contributed by atoms with Crippen LogP contribution < -0.4 is 10.1 Å². The Balaban J connectivity index is 2.43. The fraction of sp³-hybridized carbons (Fsp3) is 0.167. The van der Waals surface area contributed by atoms with E-state index in [0.29, 0.717) is 5.75 Å². The zero-order valence-corrected chi connectivity index (χ0v) is 9.50. The lowest BCUT2D eigenvalue weighted by molar-refractivity contribution is -0.131. The molecule has 1 amide bonds. The van der Waals surface area contributed by atoms with E-state index in [4.69, 9.17) is 14.9 Å². The minimum absolute atomic E-state index is 0.280. The van der Waals surface area contributed by atoms with Crippen molar-refractivity contribution in [3.8, 4) is 5.75 Å². The van der Waals surface area contributed by atoms with Crippen LogP contribution >= 0.6 is 0 Å². The predicted molar refractivity (Wildman–Crippen MR) is 62.8 cm³/mol. The van der Waals surface area contributed by atoms with Gasteiger partial charge in [-0.15, -0.1) is 0 Å². The highest BCUT2D eigenvalue weighted by molar-refractivity contribution is 5.93. The number of carbonyl (C=O) groups excluding carboxylic acids is 1. The lowest BCUT2D eigenvalue weighted by Gasteiger charge is -2.05. The molecule has 0 aliphatic carbocycles. The molecule has 0 radical (unpaired) electrons. The van der Waals surface area contributed by atoms with Gasteiger partial charge in [-0.1, -0.05) is 12.1 Å². The van der Waals surface area contributed by atoms with Crippen LogP contribution in [0.2, 0.25) is 0 Å². The average molecular weight is 251 g/mol. The molecule has 0 heterocycles. The lowest BCUT2D eigenvalue weighted by Crippen LogP contribution is -2.20. The summed E-state index contributed by atoms with van der Waals surface area (Å²) in [5.41, 5.74) is 0.831. The van der Waals surface area contributed by atoms with Gasteiger partial charge in [-0.3, -0.25) is 4.79 Å². The first-order chi connectivity index (χ1) is 8.61. The third kappa shape index (κ3) is 5.13. The second-order valence-electron chi connectivity index (χ2n) is 3.31. The molecule has 0 fully saturated rings. The third-order valence-electron chi connectivity index (χ3n) is 2.00. The third-order valence-corrected chi connectivity index (χ3v) is 2.00. The maximum absolute atomic E-state index is 11.2. The predicted octanol–water partition coefficient (Wildman–Crippen LogP) is 0.272. The van der Waals surface area contributed by atoms with Crippen LogP contribution in [0.3, 0.4) is 0 Å². The Labute approximate surface area is 104 Å². The van der Waals surface area contributed by atoms with Crippen molar-refractivity contribution in [3.05, 3.63) is 42.0 Å². The van der Waals surface area contributed by atoms with E-state index in [2.05, 4.69) is 5.32 Å². The number of nitrogens with one attached hydrogen (secondary N) is 1. The molecule has 6 nitrogen and oxygen atoms in total. The van der Waals surface area contributed by atoms with Crippen molar-refractivity contribution in [2.24, 2.45) is 0 Å². The van der Waals surface area contributed by atoms with E-state index < -0.39 is 18.7 Å². The van der Waals surface area contributed by atoms with E-state index in [1.165, 1.54) is 0 Å². The maximum Gasteiger partial charge on any atom is 0.328 e. The molecule has 0 saturated heterocycles. The quantitative estimate of drug-likeness (QED) is 0.498. The van der Waals surface area contributed by atoms with Gasteiger partial charge in [0.05, 0.1) is 0 Å². The molecule has 0 bridgehead atoms. The van der Waals surface area contributed by atoms with Gasteiger partial charge in [0, 0.05) is 18.7 Å². The van der Waals surface area contributed by atoms with Crippen molar-refractivity contribution in [1.29, 1.82) is 0 Å². The smallest absolute Gasteiger partial charge is 0.328 e. The largest absolute Gasteiger partial charge is 0.478 e. The normalized spacial score (nSPS) is 10.3. The summed E-state index contributed by atoms with van der Waals surface area (Å²) in [6.45, 7) is -0.113. The second kappa shape index (κ2) is 7.08. The Morgan fingerprint density at radius 2 is 1.89 bits per heavy atom. The molecule has 6 heteroatoms. The molecule has 1 aromatic carbocycles. The summed E-state index contributed by atoms with van der Waals surface area (Å²) in [4.78, 5) is 21.3. The molecule has 0 unspecified atom stereocenters. The van der Waals surface area contributed by atoms with Gasteiger partial charge in [0.25, 0.3) is 0 Å². The minimum Gasteiger partial charge on any atom is -0.478 e. The number of carboxylic acids is 1. The van der Waals surface area contributed by atoms with Crippen LogP contribution in [-0.4, -0.2) is 28.9 Å². The number of aliphatic hydroxyl groups excluding tert-OH is 1. The second-order valence-corrected chi connectivity index (χ2v) is 3.31. The number of ether oxygens (including phenoxy) is 1. The van der Waals surface area contributed by atoms with Gasteiger partial charge in [0.2, 0.25) is 5.91 Å². The molecular formula is C12H13NO5. The molecular weight excluding hydrogens is 238 g/mol. The van der Waals surface area contributed by atoms with Gasteiger partial charge in [0.15, 0.2) is 6.79 Å². The molecule has 1 aromatic rings. The van der Waals surface area contributed by atoms with Crippen LogP contribution in [0.1, 0.15) is 5.56 Å². The van der Waals surface area contributed by atoms with E-state index in [9.17, 15) is 9.59 Å². The Morgan fingerprint density at radius 3 is 2.44 bits per heavy atom. The van der Waals surface area contributed by atoms with Crippen LogP contribution in [0.15, 0.2) is 36.4 Å². The van der Waals surface area contributed by atoms with Crippen LogP contribution in [0.25, 0.3) is 0 Å². The molecule has 18 heavy (non-hydrogen) atoms. The molecule has 3 N–H and O–H groups in total. The zero-order chi connectivity index (χ0) is 13.4. The van der Waals surface area contributed by atoms with Crippen molar-refractivity contribution in [2.75, 3.05) is 6.79 Å². The number of carboxylic acid groups (broad SMARTS) is 1. The van der Waals surface area contributed by atoms with Crippen molar-refractivity contribution in [2.45, 2.75) is 6.54 Å². The van der Waals surface area contributed by atoms with Gasteiger partial charge < -0.3 is 20.3 Å². The summed E-state index contributed by atoms with van der Waals surface area (Å²) in [6.07, 6.45) is 1.72. The number of hydrogen-bond donors (Lipinski definition) is 3. The number of amides is 1. The lowest BCUT2D eigenvalue weighted by atomic mass is 10.2. The van der Waals surface area contributed by atoms with E-state index in [-0.39, 0.29) is 6.54 Å². The Morgan fingerprint density at radius 1 is 1.22 bits per heavy atom. The number of hydrogen-bond acceptors (Lipinski definition) is 4. The fourth-order valence-corrected chi connectivity index (χ4v) is 1.17. The van der Waals surface area contributed by atoms with Crippen LogP contribution in [0.5, 0.6) is 5.75 Å². The highest BCUT2D eigenvalue weighted by Gasteiger charge is 1.98. The van der Waals surface area contributed by atoms with Crippen LogP contribution in [0, 0.1) is 0 Å². The summed E-state index contributed by atoms with van der Waals surface area (Å²) in [6, 6.07) is 6.77. The number of aliphatic hydroxyl groups is 1. The molecule has 96 valence electrons. The molecule has 0 spiro atoms. The molecule has 0 atom stereocenters. The Bertz CT molecular complexity index is 438. The summed E-state index contributed by atoms with van der Waals surface area (Å²) in [7, 11) is 0. The molecule has 0 aliphatic heterocycles. The molecule has 1 rings (SSSR count). The first-order valence-corrected chi connectivity index (χ1v) is 5.13. The van der Waals surface area contributed by atoms with Gasteiger partial charge >= 0.3 is 5.97 Å². The zero-order valence-electron chi connectivity index (χ0n) is 9.50. The number of aliphatic carboxylic acids is 1. The highest BCUT2D eigenvalue weighted by Crippen LogP contribution is 2.11. The van der Waals surface area contributed by atoms with Gasteiger partial charge in [0.1, 0.15) is 5.75 Å². The van der Waals surface area contributed by atoms with E-state index in [1.807, 2.05) is 0 Å². The van der Waals surface area contributed by atoms with E-state index in [1.54, 1.807) is 24.3 Å².